The molecule has 0 N–H and O–H groups in total. The van der Waals surface area contributed by atoms with E-state index in [0.717, 1.165) is 6.42 Å². The van der Waals surface area contributed by atoms with Gasteiger partial charge >= 0.3 is 0 Å². The number of hydrogen-bond acceptors (Lipinski definition) is 0. The average Bonchev–Trinajstić information content (AvgIpc) is 3.26. The molecule has 0 heterocycles. The monoisotopic (exact) mass is 684 g/mol. The Morgan fingerprint density at radius 3 is 1.37 bits per heavy atom. The Labute approximate surface area is 316 Å². The van der Waals surface area contributed by atoms with Crippen LogP contribution >= 0.6 is 0 Å². The first-order chi connectivity index (χ1) is 26.8. The highest BCUT2D eigenvalue weighted by Gasteiger charge is 2.30. The van der Waals surface area contributed by atoms with E-state index in [-0.39, 0.29) is 0 Å². The summed E-state index contributed by atoms with van der Waals surface area (Å²) in [5, 5.41) is 7.81. The Morgan fingerprint density at radius 2 is 0.759 bits per heavy atom. The standard InChI is InChI=1S/C54H36/c1-3-22-47-43(18-1)45-20-5-7-24-49(45)53-33-41(26-28-51(47)53)39-16-10-14-37(31-39)35-12-9-13-36(30-35)38-15-11-17-40(32-38)42-27-29-52-48-23-4-2-19-44(48)46-21-6-8-25-50(46)54(52)34-42/h1-28,30-34,52H,29H2. The summed E-state index contributed by atoms with van der Waals surface area (Å²) in [4.78, 5) is 0. The van der Waals surface area contributed by atoms with Gasteiger partial charge in [0.1, 0.15) is 0 Å². The smallest absolute Gasteiger partial charge is 0.0137 e. The summed E-state index contributed by atoms with van der Waals surface area (Å²) in [5.74, 6) is 0.393. The van der Waals surface area contributed by atoms with Crippen LogP contribution in [0.15, 0.2) is 200 Å². The summed E-state index contributed by atoms with van der Waals surface area (Å²) in [5.41, 5.74) is 16.9. The predicted molar refractivity (Wildman–Crippen MR) is 230 cm³/mol. The molecule has 9 aromatic carbocycles. The van der Waals surface area contributed by atoms with E-state index in [9.17, 15) is 0 Å². The van der Waals surface area contributed by atoms with Gasteiger partial charge < -0.3 is 0 Å². The van der Waals surface area contributed by atoms with E-state index < -0.39 is 0 Å². The first-order valence-corrected chi connectivity index (χ1v) is 19.0. The zero-order valence-electron chi connectivity index (χ0n) is 29.8. The molecule has 0 saturated heterocycles. The van der Waals surface area contributed by atoms with Crippen molar-refractivity contribution in [3.63, 3.8) is 0 Å². The zero-order chi connectivity index (χ0) is 35.6. The summed E-state index contributed by atoms with van der Waals surface area (Å²) in [7, 11) is 0. The van der Waals surface area contributed by atoms with Crippen molar-refractivity contribution in [1.29, 1.82) is 0 Å². The fourth-order valence-electron chi connectivity index (χ4n) is 9.20. The molecule has 11 rings (SSSR count). The Balaban J connectivity index is 0.935. The molecule has 0 fully saturated rings. The van der Waals surface area contributed by atoms with Crippen molar-refractivity contribution in [2.45, 2.75) is 12.3 Å². The number of benzene rings is 9. The zero-order valence-corrected chi connectivity index (χ0v) is 29.8. The minimum absolute atomic E-state index is 0.393. The third-order valence-electron chi connectivity index (χ3n) is 11.8. The van der Waals surface area contributed by atoms with Crippen molar-refractivity contribution in [2.24, 2.45) is 0 Å². The molecule has 0 aromatic heterocycles. The minimum Gasteiger partial charge on any atom is -0.0757 e. The maximum atomic E-state index is 2.45. The van der Waals surface area contributed by atoms with Crippen LogP contribution in [0.2, 0.25) is 0 Å². The highest BCUT2D eigenvalue weighted by Crippen LogP contribution is 2.51. The summed E-state index contributed by atoms with van der Waals surface area (Å²) in [6.07, 6.45) is 5.90. The molecule has 1 unspecified atom stereocenters. The van der Waals surface area contributed by atoms with Gasteiger partial charge in [0, 0.05) is 5.92 Å². The Kier molecular flexibility index (Phi) is 7.10. The van der Waals surface area contributed by atoms with E-state index in [0.29, 0.717) is 5.92 Å². The van der Waals surface area contributed by atoms with Crippen LogP contribution in [0.1, 0.15) is 29.0 Å². The van der Waals surface area contributed by atoms with E-state index in [1.54, 1.807) is 0 Å². The van der Waals surface area contributed by atoms with Gasteiger partial charge in [-0.05, 0) is 135 Å². The SMILES string of the molecule is C1=C(c2cccc(-c3cccc(-c4cccc(-c5ccc6c7ccccc7c7ccccc7c6c5)c4)c3)c2)C=C2c3ccccc3-c3ccccc3C2C1. The molecule has 0 spiro atoms. The summed E-state index contributed by atoms with van der Waals surface area (Å²) >= 11 is 0. The largest absolute Gasteiger partial charge is 0.0757 e. The molecular weight excluding hydrogens is 649 g/mol. The van der Waals surface area contributed by atoms with E-state index in [1.165, 1.54) is 105 Å². The second-order valence-electron chi connectivity index (χ2n) is 14.8. The van der Waals surface area contributed by atoms with Gasteiger partial charge in [0.05, 0.1) is 0 Å². The van der Waals surface area contributed by atoms with Crippen molar-refractivity contribution >= 4 is 43.5 Å². The Morgan fingerprint density at radius 1 is 0.315 bits per heavy atom. The van der Waals surface area contributed by atoms with Crippen LogP contribution in [0.5, 0.6) is 0 Å². The van der Waals surface area contributed by atoms with Gasteiger partial charge in [-0.2, -0.15) is 0 Å². The van der Waals surface area contributed by atoms with E-state index >= 15 is 0 Å². The maximum Gasteiger partial charge on any atom is 0.0137 e. The molecule has 0 amide bonds. The molecule has 0 saturated carbocycles. The van der Waals surface area contributed by atoms with Gasteiger partial charge in [0.2, 0.25) is 0 Å². The third-order valence-corrected chi connectivity index (χ3v) is 11.8. The molecule has 9 aromatic rings. The summed E-state index contributed by atoms with van der Waals surface area (Å²) in [6.45, 7) is 0. The molecule has 0 nitrogen and oxygen atoms in total. The molecule has 0 bridgehead atoms. The van der Waals surface area contributed by atoms with Gasteiger partial charge in [-0.15, -0.1) is 0 Å². The topological polar surface area (TPSA) is 0 Å². The summed E-state index contributed by atoms with van der Waals surface area (Å²) in [6, 6.07) is 69.5. The first kappa shape index (κ1) is 30.8. The molecule has 1 atom stereocenters. The molecule has 54 heavy (non-hydrogen) atoms. The third kappa shape index (κ3) is 4.99. The highest BCUT2D eigenvalue weighted by molar-refractivity contribution is 6.25. The normalized spacial score (nSPS) is 14.6. The van der Waals surface area contributed by atoms with Crippen LogP contribution in [-0.4, -0.2) is 0 Å². The van der Waals surface area contributed by atoms with Crippen molar-refractivity contribution in [3.8, 4) is 44.5 Å². The van der Waals surface area contributed by atoms with Crippen molar-refractivity contribution in [2.75, 3.05) is 0 Å². The van der Waals surface area contributed by atoms with Crippen LogP contribution in [0.4, 0.5) is 0 Å². The molecule has 2 aliphatic carbocycles. The van der Waals surface area contributed by atoms with Crippen molar-refractivity contribution in [1.82, 2.24) is 0 Å². The fraction of sp³-hybridized carbons (Fsp3) is 0.0370. The van der Waals surface area contributed by atoms with Crippen LogP contribution < -0.4 is 0 Å². The number of hydrogen-bond donors (Lipinski definition) is 0. The predicted octanol–water partition coefficient (Wildman–Crippen LogP) is 14.8. The van der Waals surface area contributed by atoms with Gasteiger partial charge in [0.15, 0.2) is 0 Å². The number of fused-ring (bicyclic) bond motifs is 12. The van der Waals surface area contributed by atoms with Crippen molar-refractivity contribution < 1.29 is 0 Å². The maximum absolute atomic E-state index is 2.45. The number of rotatable bonds is 4. The molecule has 252 valence electrons. The molecule has 0 aliphatic heterocycles. The highest BCUT2D eigenvalue weighted by atomic mass is 14.3. The van der Waals surface area contributed by atoms with E-state index in [1.807, 2.05) is 0 Å². The second-order valence-corrected chi connectivity index (χ2v) is 14.8. The van der Waals surface area contributed by atoms with Gasteiger partial charge in [-0.3, -0.25) is 0 Å². The van der Waals surface area contributed by atoms with Gasteiger partial charge in [-0.1, -0.05) is 176 Å². The quantitative estimate of drug-likeness (QED) is 0.162. The van der Waals surface area contributed by atoms with Gasteiger partial charge in [-0.25, -0.2) is 0 Å². The first-order valence-electron chi connectivity index (χ1n) is 19.0. The van der Waals surface area contributed by atoms with Crippen LogP contribution in [0.3, 0.4) is 0 Å². The van der Waals surface area contributed by atoms with E-state index in [4.69, 9.17) is 0 Å². The lowest BCUT2D eigenvalue weighted by molar-refractivity contribution is 0.871. The van der Waals surface area contributed by atoms with Gasteiger partial charge in [0.25, 0.3) is 0 Å². The Bertz CT molecular complexity index is 2990. The van der Waals surface area contributed by atoms with Crippen LogP contribution in [-0.2, 0) is 0 Å². The average molecular weight is 685 g/mol. The van der Waals surface area contributed by atoms with Crippen LogP contribution in [0, 0.1) is 0 Å². The lowest BCUT2D eigenvalue weighted by Gasteiger charge is -2.32. The molecular formula is C54H36. The molecule has 0 heteroatoms. The lowest BCUT2D eigenvalue weighted by atomic mass is 9.71. The van der Waals surface area contributed by atoms with E-state index in [2.05, 4.69) is 200 Å². The lowest BCUT2D eigenvalue weighted by Crippen LogP contribution is -2.12. The Hall–Kier alpha value is -6.76. The van der Waals surface area contributed by atoms with Crippen molar-refractivity contribution in [3.05, 3.63) is 217 Å². The van der Waals surface area contributed by atoms with Crippen LogP contribution in [0.25, 0.3) is 88.0 Å². The minimum atomic E-state index is 0.393. The number of allylic oxidation sites excluding steroid dienone is 4. The fourth-order valence-corrected chi connectivity index (χ4v) is 9.20. The molecule has 0 radical (unpaired) electrons. The second kappa shape index (κ2) is 12.4. The molecule has 2 aliphatic rings. The summed E-state index contributed by atoms with van der Waals surface area (Å²) < 4.78 is 0.